The van der Waals surface area contributed by atoms with E-state index in [0.717, 1.165) is 31.4 Å². The van der Waals surface area contributed by atoms with Gasteiger partial charge in [-0.25, -0.2) is 0 Å². The van der Waals surface area contributed by atoms with E-state index in [9.17, 15) is 8.42 Å². The summed E-state index contributed by atoms with van der Waals surface area (Å²) in [6, 6.07) is 7.32. The van der Waals surface area contributed by atoms with E-state index in [1.807, 2.05) is 6.92 Å². The number of aryl methyl sites for hydroxylation is 1. The summed E-state index contributed by atoms with van der Waals surface area (Å²) in [4.78, 5) is 2.59. The second-order valence-electron chi connectivity index (χ2n) is 6.07. The molecule has 2 saturated heterocycles. The van der Waals surface area contributed by atoms with Gasteiger partial charge in [0.05, 0.1) is 11.0 Å². The fraction of sp³-hybridized carbons (Fsp3) is 0.600. The Morgan fingerprint density at radius 2 is 1.90 bits per heavy atom. The van der Waals surface area contributed by atoms with Gasteiger partial charge in [-0.1, -0.05) is 17.7 Å². The Balaban J connectivity index is 1.76. The molecule has 110 valence electrons. The highest BCUT2D eigenvalue weighted by atomic mass is 32.2. The van der Waals surface area contributed by atoms with Crippen LogP contribution in [0.5, 0.6) is 0 Å². The Labute approximate surface area is 120 Å². The Bertz CT molecular complexity index is 582. The third-order valence-electron chi connectivity index (χ3n) is 4.61. The molecule has 0 radical (unpaired) electrons. The van der Waals surface area contributed by atoms with Gasteiger partial charge in [0.25, 0.3) is 10.1 Å². The average molecular weight is 295 g/mol. The summed E-state index contributed by atoms with van der Waals surface area (Å²) in [5.41, 5.74) is 1.04. The fourth-order valence-electron chi connectivity index (χ4n) is 3.34. The van der Waals surface area contributed by atoms with Crippen molar-refractivity contribution in [3.63, 3.8) is 0 Å². The zero-order chi connectivity index (χ0) is 14.3. The molecule has 1 aromatic rings. The van der Waals surface area contributed by atoms with Gasteiger partial charge in [0.15, 0.2) is 0 Å². The lowest BCUT2D eigenvalue weighted by Crippen LogP contribution is -2.53. The van der Waals surface area contributed by atoms with Gasteiger partial charge in [-0.15, -0.1) is 0 Å². The molecule has 2 heterocycles. The molecule has 1 saturated carbocycles. The summed E-state index contributed by atoms with van der Waals surface area (Å²) in [6.07, 6.45) is 2.90. The van der Waals surface area contributed by atoms with E-state index in [4.69, 9.17) is 4.18 Å². The lowest BCUT2D eigenvalue weighted by Gasteiger charge is -2.47. The smallest absolute Gasteiger partial charge is 0.297 e. The number of piperidine rings is 2. The summed E-state index contributed by atoms with van der Waals surface area (Å²) in [5.74, 6) is 0.338. The van der Waals surface area contributed by atoms with Crippen LogP contribution in [-0.4, -0.2) is 39.1 Å². The zero-order valence-electron chi connectivity index (χ0n) is 12.0. The third kappa shape index (κ3) is 2.62. The Hall–Kier alpha value is -0.910. The highest BCUT2D eigenvalue weighted by molar-refractivity contribution is 7.86. The van der Waals surface area contributed by atoms with Crippen molar-refractivity contribution in [3.8, 4) is 0 Å². The van der Waals surface area contributed by atoms with E-state index >= 15 is 0 Å². The molecule has 4 rings (SSSR count). The zero-order valence-corrected chi connectivity index (χ0v) is 12.8. The van der Waals surface area contributed by atoms with Crippen LogP contribution in [0.2, 0.25) is 0 Å². The number of hydrogen-bond donors (Lipinski definition) is 0. The molecule has 0 unspecified atom stereocenters. The van der Waals surface area contributed by atoms with Crippen LogP contribution in [0, 0.1) is 12.8 Å². The van der Waals surface area contributed by atoms with Crippen LogP contribution in [0.3, 0.4) is 0 Å². The number of benzene rings is 1. The molecule has 4 nitrogen and oxygen atoms in total. The Morgan fingerprint density at radius 3 is 2.45 bits per heavy atom. The van der Waals surface area contributed by atoms with Gasteiger partial charge in [-0.2, -0.15) is 8.42 Å². The topological polar surface area (TPSA) is 46.6 Å². The van der Waals surface area contributed by atoms with Crippen molar-refractivity contribution < 1.29 is 12.6 Å². The van der Waals surface area contributed by atoms with Crippen molar-refractivity contribution in [1.29, 1.82) is 0 Å². The minimum atomic E-state index is -3.64. The SMILES string of the molecule is Cc1ccc(S(=O)(=O)O[C@@H]2C[C@H]3CC[C@@H]2CN3C)cc1. The Kier molecular flexibility index (Phi) is 3.60. The van der Waals surface area contributed by atoms with Crippen molar-refractivity contribution >= 4 is 10.1 Å². The van der Waals surface area contributed by atoms with Crippen LogP contribution in [-0.2, 0) is 14.3 Å². The van der Waals surface area contributed by atoms with Crippen molar-refractivity contribution in [1.82, 2.24) is 4.90 Å². The van der Waals surface area contributed by atoms with Crippen LogP contribution >= 0.6 is 0 Å². The lowest BCUT2D eigenvalue weighted by molar-refractivity contribution is -0.0216. The lowest BCUT2D eigenvalue weighted by atomic mass is 9.78. The molecule has 0 aromatic heterocycles. The first-order chi connectivity index (χ1) is 9.45. The number of rotatable bonds is 3. The molecule has 5 heteroatoms. The van der Waals surface area contributed by atoms with Crippen molar-refractivity contribution in [3.05, 3.63) is 29.8 Å². The minimum absolute atomic E-state index is 0.156. The second kappa shape index (κ2) is 5.13. The highest BCUT2D eigenvalue weighted by Crippen LogP contribution is 2.37. The molecule has 0 amide bonds. The summed E-state index contributed by atoms with van der Waals surface area (Å²) in [6.45, 7) is 2.88. The van der Waals surface area contributed by atoms with E-state index in [2.05, 4.69) is 11.9 Å². The summed E-state index contributed by atoms with van der Waals surface area (Å²) >= 11 is 0. The summed E-state index contributed by atoms with van der Waals surface area (Å²) < 4.78 is 30.2. The van der Waals surface area contributed by atoms with E-state index in [-0.39, 0.29) is 11.0 Å². The fourth-order valence-corrected chi connectivity index (χ4v) is 4.48. The summed E-state index contributed by atoms with van der Waals surface area (Å²) in [5, 5.41) is 0. The first-order valence-electron chi connectivity index (χ1n) is 7.16. The molecule has 0 N–H and O–H groups in total. The first kappa shape index (κ1) is 14.0. The maximum absolute atomic E-state index is 12.3. The largest absolute Gasteiger partial charge is 0.303 e. The van der Waals surface area contributed by atoms with Gasteiger partial charge in [0.1, 0.15) is 0 Å². The van der Waals surface area contributed by atoms with Gasteiger partial charge in [-0.05, 0) is 51.3 Å². The molecule has 3 fully saturated rings. The van der Waals surface area contributed by atoms with E-state index in [0.29, 0.717) is 12.0 Å². The average Bonchev–Trinajstić information content (AvgIpc) is 2.40. The van der Waals surface area contributed by atoms with Crippen LogP contribution < -0.4 is 0 Å². The van der Waals surface area contributed by atoms with Gasteiger partial charge >= 0.3 is 0 Å². The first-order valence-corrected chi connectivity index (χ1v) is 8.57. The van der Waals surface area contributed by atoms with E-state index in [1.165, 1.54) is 0 Å². The Morgan fingerprint density at radius 1 is 1.20 bits per heavy atom. The monoisotopic (exact) mass is 295 g/mol. The normalized spacial score (nSPS) is 30.6. The highest BCUT2D eigenvalue weighted by Gasteiger charge is 2.41. The maximum atomic E-state index is 12.3. The van der Waals surface area contributed by atoms with Gasteiger partial charge in [0.2, 0.25) is 0 Å². The van der Waals surface area contributed by atoms with E-state index < -0.39 is 10.1 Å². The molecule has 1 aromatic carbocycles. The molecule has 3 atom stereocenters. The molecule has 3 aliphatic rings. The van der Waals surface area contributed by atoms with Gasteiger partial charge < -0.3 is 4.90 Å². The van der Waals surface area contributed by atoms with E-state index in [1.54, 1.807) is 24.3 Å². The molecule has 2 bridgehead atoms. The van der Waals surface area contributed by atoms with Crippen LogP contribution in [0.15, 0.2) is 29.2 Å². The van der Waals surface area contributed by atoms with Crippen LogP contribution in [0.25, 0.3) is 0 Å². The van der Waals surface area contributed by atoms with Crippen LogP contribution in [0.4, 0.5) is 0 Å². The number of fused-ring (bicyclic) bond motifs is 3. The van der Waals surface area contributed by atoms with Gasteiger partial charge in [0, 0.05) is 12.6 Å². The van der Waals surface area contributed by atoms with Crippen molar-refractivity contribution in [2.24, 2.45) is 5.92 Å². The molecular formula is C15H21NO3S. The van der Waals surface area contributed by atoms with Gasteiger partial charge in [-0.3, -0.25) is 4.18 Å². The molecule has 0 spiro atoms. The molecule has 2 aliphatic heterocycles. The predicted molar refractivity (Wildman–Crippen MR) is 77.0 cm³/mol. The molecule has 1 aliphatic carbocycles. The number of nitrogens with zero attached hydrogens (tertiary/aromatic N) is 1. The predicted octanol–water partition coefficient (Wildman–Crippen LogP) is 2.18. The summed E-state index contributed by atoms with van der Waals surface area (Å²) in [7, 11) is -1.52. The minimum Gasteiger partial charge on any atom is -0.303 e. The molecular weight excluding hydrogens is 274 g/mol. The van der Waals surface area contributed by atoms with Crippen molar-refractivity contribution in [2.75, 3.05) is 13.6 Å². The number of hydrogen-bond acceptors (Lipinski definition) is 4. The van der Waals surface area contributed by atoms with Crippen molar-refractivity contribution in [2.45, 2.75) is 43.2 Å². The standard InChI is InChI=1S/C15H21NO3S/c1-11-3-7-14(8-4-11)20(17,18)19-15-9-13-6-5-12(15)10-16(13)2/h3-4,7-8,12-13,15H,5-6,9-10H2,1-2H3/t12-,13-,15-/m1/s1. The quantitative estimate of drug-likeness (QED) is 0.802. The second-order valence-corrected chi connectivity index (χ2v) is 7.64. The third-order valence-corrected chi connectivity index (χ3v) is 5.96. The van der Waals surface area contributed by atoms with Crippen LogP contribution in [0.1, 0.15) is 24.8 Å². The maximum Gasteiger partial charge on any atom is 0.297 e. The molecule has 20 heavy (non-hydrogen) atoms.